The van der Waals surface area contributed by atoms with Crippen LogP contribution in [0.15, 0.2) is 30.7 Å². The summed E-state index contributed by atoms with van der Waals surface area (Å²) in [5.74, 6) is -1.21. The number of rotatable bonds is 5. The Morgan fingerprint density at radius 1 is 1.52 bits per heavy atom. The quantitative estimate of drug-likeness (QED) is 0.574. The van der Waals surface area contributed by atoms with Crippen molar-refractivity contribution in [3.63, 3.8) is 0 Å². The van der Waals surface area contributed by atoms with Crippen molar-refractivity contribution in [2.24, 2.45) is 0 Å². The van der Waals surface area contributed by atoms with Crippen LogP contribution < -0.4 is 9.63 Å². The smallest absolute Gasteiger partial charge is 0.242 e. The molecule has 2 heterocycles. The molecule has 2 aromatic heterocycles. The maximum absolute atomic E-state index is 12.1. The lowest BCUT2D eigenvalue weighted by molar-refractivity contribution is -0.605. The van der Waals surface area contributed by atoms with Crippen LogP contribution in [0, 0.1) is 5.21 Å². The molecule has 0 radical (unpaired) electrons. The fraction of sp³-hybridized carbons (Fsp3) is 0.308. The summed E-state index contributed by atoms with van der Waals surface area (Å²) >= 11 is 6.06. The van der Waals surface area contributed by atoms with Crippen molar-refractivity contribution < 1.29 is 17.9 Å². The van der Waals surface area contributed by atoms with E-state index >= 15 is 0 Å². The molecule has 2 aromatic rings. The Morgan fingerprint density at radius 2 is 2.22 bits per heavy atom. The Labute approximate surface area is 138 Å². The van der Waals surface area contributed by atoms with Crippen molar-refractivity contribution in [2.45, 2.75) is 6.92 Å². The summed E-state index contributed by atoms with van der Waals surface area (Å²) in [7, 11) is -3.46. The number of anilines is 1. The van der Waals surface area contributed by atoms with Gasteiger partial charge in [0, 0.05) is 18.9 Å². The van der Waals surface area contributed by atoms with Gasteiger partial charge in [-0.2, -0.15) is 9.83 Å². The van der Waals surface area contributed by atoms with Crippen LogP contribution in [0.2, 0.25) is 5.15 Å². The minimum atomic E-state index is -3.46. The van der Waals surface area contributed by atoms with E-state index in [1.54, 1.807) is 19.1 Å². The van der Waals surface area contributed by atoms with Gasteiger partial charge in [-0.1, -0.05) is 11.6 Å². The summed E-state index contributed by atoms with van der Waals surface area (Å²) in [6.45, 7) is 1.93. The molecule has 0 aliphatic rings. The molecule has 0 aliphatic carbocycles. The van der Waals surface area contributed by atoms with Gasteiger partial charge < -0.3 is 10.1 Å². The topological polar surface area (TPSA) is 99.2 Å². The molecule has 0 fully saturated rings. The third-order valence-corrected chi connectivity index (χ3v) is 4.01. The fourth-order valence-electron chi connectivity index (χ4n) is 2.02. The van der Waals surface area contributed by atoms with E-state index in [9.17, 15) is 18.4 Å². The number of carbonyl (C=O) groups is 1. The summed E-state index contributed by atoms with van der Waals surface area (Å²) in [6.07, 6.45) is 5.08. The molecule has 10 heteroatoms. The van der Waals surface area contributed by atoms with Crippen LogP contribution >= 0.6 is 11.6 Å². The van der Waals surface area contributed by atoms with Crippen molar-refractivity contribution in [3.8, 4) is 5.69 Å². The van der Waals surface area contributed by atoms with Gasteiger partial charge in [0.05, 0.1) is 6.20 Å². The lowest BCUT2D eigenvalue weighted by Crippen LogP contribution is -2.35. The molecule has 0 spiro atoms. The monoisotopic (exact) mass is 358 g/mol. The van der Waals surface area contributed by atoms with Gasteiger partial charge in [-0.25, -0.2) is 13.1 Å². The first-order valence-corrected chi connectivity index (χ1v) is 9.07. The largest absolute Gasteiger partial charge is 0.619 e. The molecular formula is C13H15ClN4O4S. The van der Waals surface area contributed by atoms with E-state index in [2.05, 4.69) is 5.10 Å². The Kier molecular flexibility index (Phi) is 4.90. The second kappa shape index (κ2) is 6.55. The molecule has 2 rings (SSSR count). The highest BCUT2D eigenvalue weighted by Gasteiger charge is 2.23. The molecule has 0 saturated heterocycles. The first kappa shape index (κ1) is 17.2. The van der Waals surface area contributed by atoms with E-state index in [0.717, 1.165) is 6.26 Å². The van der Waals surface area contributed by atoms with Crippen molar-refractivity contribution in [3.05, 3.63) is 41.1 Å². The van der Waals surface area contributed by atoms with Gasteiger partial charge in [0.2, 0.25) is 12.1 Å². The van der Waals surface area contributed by atoms with Crippen LogP contribution in [0.4, 0.5) is 5.69 Å². The molecule has 8 nitrogen and oxygen atoms in total. The molecule has 0 unspecified atom stereocenters. The number of halogens is 1. The van der Waals surface area contributed by atoms with Crippen LogP contribution in [-0.2, 0) is 14.6 Å². The van der Waals surface area contributed by atoms with Crippen molar-refractivity contribution in [2.75, 3.05) is 23.5 Å². The normalized spacial score (nSPS) is 11.4. The second-order valence-electron chi connectivity index (χ2n) is 4.88. The third kappa shape index (κ3) is 4.20. The zero-order chi connectivity index (χ0) is 17.2. The third-order valence-electron chi connectivity index (χ3n) is 2.97. The lowest BCUT2D eigenvalue weighted by atomic mass is 10.4. The van der Waals surface area contributed by atoms with Gasteiger partial charge in [-0.15, -0.1) is 0 Å². The molecular weight excluding hydrogens is 344 g/mol. The minimum Gasteiger partial charge on any atom is -0.619 e. The van der Waals surface area contributed by atoms with Gasteiger partial charge in [0.25, 0.3) is 0 Å². The summed E-state index contributed by atoms with van der Waals surface area (Å²) in [6, 6.07) is 3.19. The SMILES string of the molecule is CCN(C(=O)CS(C)(=O)=O)c1cn(-c2ccc[n+]([O-])c2)nc1Cl. The van der Waals surface area contributed by atoms with E-state index in [-0.39, 0.29) is 17.4 Å². The predicted molar refractivity (Wildman–Crippen MR) is 85.3 cm³/mol. The summed E-state index contributed by atoms with van der Waals surface area (Å²) in [5, 5.41) is 15.4. The highest BCUT2D eigenvalue weighted by molar-refractivity contribution is 7.91. The second-order valence-corrected chi connectivity index (χ2v) is 7.38. The van der Waals surface area contributed by atoms with Crippen molar-refractivity contribution >= 4 is 33.0 Å². The average Bonchev–Trinajstić information content (AvgIpc) is 2.80. The van der Waals surface area contributed by atoms with Crippen LogP contribution in [0.5, 0.6) is 0 Å². The molecule has 1 amide bonds. The molecule has 124 valence electrons. The Hall–Kier alpha value is -2.13. The molecule has 0 N–H and O–H groups in total. The number of hydrogen-bond acceptors (Lipinski definition) is 5. The van der Waals surface area contributed by atoms with Gasteiger partial charge in [-0.3, -0.25) is 4.79 Å². The standard InChI is InChI=1S/C13H15ClN4O4S/c1-3-17(12(19)9-23(2,21)22)11-8-18(15-13(11)14)10-5-4-6-16(20)7-10/h4-8H,3,9H2,1-2H3. The van der Waals surface area contributed by atoms with Gasteiger partial charge in [0.1, 0.15) is 17.1 Å². The average molecular weight is 359 g/mol. The molecule has 0 aromatic carbocycles. The van der Waals surface area contributed by atoms with Crippen LogP contribution in [0.3, 0.4) is 0 Å². The fourth-order valence-corrected chi connectivity index (χ4v) is 2.86. The number of amides is 1. The number of nitrogens with zero attached hydrogens (tertiary/aromatic N) is 4. The molecule has 0 aliphatic heterocycles. The van der Waals surface area contributed by atoms with E-state index in [4.69, 9.17) is 11.6 Å². The van der Waals surface area contributed by atoms with E-state index in [1.165, 1.54) is 28.2 Å². The first-order chi connectivity index (χ1) is 10.7. The summed E-state index contributed by atoms with van der Waals surface area (Å²) in [4.78, 5) is 13.4. The summed E-state index contributed by atoms with van der Waals surface area (Å²) in [5.41, 5.74) is 0.742. The molecule has 0 saturated carbocycles. The Bertz CT molecular complexity index is 834. The van der Waals surface area contributed by atoms with Crippen molar-refractivity contribution in [1.82, 2.24) is 9.78 Å². The van der Waals surface area contributed by atoms with E-state index < -0.39 is 21.5 Å². The molecule has 23 heavy (non-hydrogen) atoms. The van der Waals surface area contributed by atoms with E-state index in [0.29, 0.717) is 10.4 Å². The van der Waals surface area contributed by atoms with Gasteiger partial charge in [0.15, 0.2) is 21.2 Å². The van der Waals surface area contributed by atoms with Crippen LogP contribution in [0.1, 0.15) is 6.92 Å². The maximum Gasteiger partial charge on any atom is 0.242 e. The van der Waals surface area contributed by atoms with Gasteiger partial charge >= 0.3 is 0 Å². The Morgan fingerprint density at radius 3 is 2.78 bits per heavy atom. The van der Waals surface area contributed by atoms with Crippen molar-refractivity contribution in [1.29, 1.82) is 0 Å². The number of carbonyl (C=O) groups excluding carboxylic acids is 1. The highest BCUT2D eigenvalue weighted by atomic mass is 35.5. The van der Waals surface area contributed by atoms with E-state index in [1.807, 2.05) is 0 Å². The lowest BCUT2D eigenvalue weighted by Gasteiger charge is -2.18. The number of pyridine rings is 1. The zero-order valence-electron chi connectivity index (χ0n) is 12.5. The van der Waals surface area contributed by atoms with Crippen LogP contribution in [0.25, 0.3) is 5.69 Å². The number of hydrogen-bond donors (Lipinski definition) is 0. The number of aromatic nitrogens is 3. The predicted octanol–water partition coefficient (Wildman–Crippen LogP) is 0.557. The van der Waals surface area contributed by atoms with Crippen LogP contribution in [-0.4, -0.2) is 42.7 Å². The Balaban J connectivity index is 2.37. The van der Waals surface area contributed by atoms with Gasteiger partial charge in [-0.05, 0) is 13.0 Å². The summed E-state index contributed by atoms with van der Waals surface area (Å²) < 4.78 is 24.6. The zero-order valence-corrected chi connectivity index (χ0v) is 14.1. The first-order valence-electron chi connectivity index (χ1n) is 6.63. The molecule has 0 bridgehead atoms. The highest BCUT2D eigenvalue weighted by Crippen LogP contribution is 2.26. The molecule has 0 atom stereocenters. The number of sulfone groups is 1. The minimum absolute atomic E-state index is 0.0370. The maximum atomic E-state index is 12.1.